The fraction of sp³-hybridized carbons (Fsp3) is 0.263. The Bertz CT molecular complexity index is 758. The summed E-state index contributed by atoms with van der Waals surface area (Å²) < 4.78 is 0.905. The SMILES string of the molecule is CC1CCN(C(=O)c2ccc(NC(=O)c3ccccc3I)cc2)C1. The Balaban J connectivity index is 1.67. The lowest BCUT2D eigenvalue weighted by molar-refractivity contribution is 0.0788. The molecular weight excluding hydrogens is 415 g/mol. The lowest BCUT2D eigenvalue weighted by atomic mass is 10.1. The highest BCUT2D eigenvalue weighted by atomic mass is 127. The summed E-state index contributed by atoms with van der Waals surface area (Å²) in [6.07, 6.45) is 1.07. The number of halogens is 1. The molecule has 2 aromatic rings. The third-order valence-corrected chi connectivity index (χ3v) is 5.16. The van der Waals surface area contributed by atoms with Crippen LogP contribution in [-0.2, 0) is 0 Å². The van der Waals surface area contributed by atoms with Crippen LogP contribution >= 0.6 is 22.6 Å². The van der Waals surface area contributed by atoms with Crippen molar-refractivity contribution in [2.45, 2.75) is 13.3 Å². The third-order valence-electron chi connectivity index (χ3n) is 4.22. The molecule has 3 rings (SSSR count). The number of hydrogen-bond donors (Lipinski definition) is 1. The van der Waals surface area contributed by atoms with Crippen LogP contribution in [0.15, 0.2) is 48.5 Å². The Morgan fingerprint density at radius 2 is 1.83 bits per heavy atom. The smallest absolute Gasteiger partial charge is 0.256 e. The number of hydrogen-bond acceptors (Lipinski definition) is 2. The molecule has 0 bridgehead atoms. The quantitative estimate of drug-likeness (QED) is 0.742. The van der Waals surface area contributed by atoms with E-state index in [1.54, 1.807) is 30.3 Å². The predicted octanol–water partition coefficient (Wildman–Crippen LogP) is 4.03. The number of nitrogens with one attached hydrogen (secondary N) is 1. The molecule has 0 saturated carbocycles. The Kier molecular flexibility index (Phi) is 5.18. The molecule has 0 radical (unpaired) electrons. The average Bonchev–Trinajstić information content (AvgIpc) is 3.02. The molecule has 1 N–H and O–H groups in total. The van der Waals surface area contributed by atoms with E-state index in [1.165, 1.54) is 0 Å². The van der Waals surface area contributed by atoms with E-state index < -0.39 is 0 Å². The number of anilines is 1. The van der Waals surface area contributed by atoms with Gasteiger partial charge in [0.05, 0.1) is 5.56 Å². The van der Waals surface area contributed by atoms with E-state index in [2.05, 4.69) is 34.8 Å². The summed E-state index contributed by atoms with van der Waals surface area (Å²) in [5.41, 5.74) is 1.99. The predicted molar refractivity (Wildman–Crippen MR) is 103 cm³/mol. The topological polar surface area (TPSA) is 49.4 Å². The van der Waals surface area contributed by atoms with Crippen LogP contribution in [0.1, 0.15) is 34.1 Å². The highest BCUT2D eigenvalue weighted by Crippen LogP contribution is 2.20. The van der Waals surface area contributed by atoms with Crippen molar-refractivity contribution in [3.05, 3.63) is 63.2 Å². The van der Waals surface area contributed by atoms with Crippen molar-refractivity contribution in [1.29, 1.82) is 0 Å². The molecule has 1 aliphatic rings. The number of carbonyl (C=O) groups is 2. The summed E-state index contributed by atoms with van der Waals surface area (Å²) in [5.74, 6) is 0.489. The second kappa shape index (κ2) is 7.34. The molecule has 1 saturated heterocycles. The van der Waals surface area contributed by atoms with Crippen molar-refractivity contribution >= 4 is 40.1 Å². The normalized spacial score (nSPS) is 16.9. The Hall–Kier alpha value is -1.89. The minimum Gasteiger partial charge on any atom is -0.338 e. The van der Waals surface area contributed by atoms with Crippen molar-refractivity contribution < 1.29 is 9.59 Å². The first-order valence-corrected chi connectivity index (χ1v) is 9.07. The molecule has 24 heavy (non-hydrogen) atoms. The lowest BCUT2D eigenvalue weighted by Gasteiger charge is -2.16. The van der Waals surface area contributed by atoms with Crippen LogP contribution in [0.25, 0.3) is 0 Å². The van der Waals surface area contributed by atoms with Crippen LogP contribution in [0, 0.1) is 9.49 Å². The van der Waals surface area contributed by atoms with Gasteiger partial charge in [-0.05, 0) is 71.3 Å². The first kappa shape index (κ1) is 17.0. The number of benzene rings is 2. The van der Waals surface area contributed by atoms with Gasteiger partial charge in [-0.15, -0.1) is 0 Å². The molecule has 1 fully saturated rings. The molecule has 0 spiro atoms. The van der Waals surface area contributed by atoms with Crippen LogP contribution in [0.3, 0.4) is 0 Å². The molecule has 2 amide bonds. The minimum absolute atomic E-state index is 0.0647. The van der Waals surface area contributed by atoms with Gasteiger partial charge >= 0.3 is 0 Å². The Morgan fingerprint density at radius 1 is 1.12 bits per heavy atom. The summed E-state index contributed by atoms with van der Waals surface area (Å²) >= 11 is 2.14. The number of rotatable bonds is 3. The van der Waals surface area contributed by atoms with Crippen LogP contribution in [0.5, 0.6) is 0 Å². The molecule has 124 valence electrons. The van der Waals surface area contributed by atoms with E-state index in [1.807, 2.05) is 23.1 Å². The lowest BCUT2D eigenvalue weighted by Crippen LogP contribution is -2.28. The maximum Gasteiger partial charge on any atom is 0.256 e. The van der Waals surface area contributed by atoms with Gasteiger partial charge < -0.3 is 10.2 Å². The van der Waals surface area contributed by atoms with Gasteiger partial charge in [-0.2, -0.15) is 0 Å². The maximum atomic E-state index is 12.4. The zero-order chi connectivity index (χ0) is 17.1. The molecule has 0 aromatic heterocycles. The van der Waals surface area contributed by atoms with Gasteiger partial charge in [-0.1, -0.05) is 19.1 Å². The maximum absolute atomic E-state index is 12.4. The fourth-order valence-electron chi connectivity index (χ4n) is 2.84. The zero-order valence-corrected chi connectivity index (χ0v) is 15.6. The van der Waals surface area contributed by atoms with Crippen molar-refractivity contribution in [3.63, 3.8) is 0 Å². The molecular formula is C19H19IN2O2. The fourth-order valence-corrected chi connectivity index (χ4v) is 3.47. The van der Waals surface area contributed by atoms with Gasteiger partial charge in [0.15, 0.2) is 0 Å². The van der Waals surface area contributed by atoms with Crippen LogP contribution < -0.4 is 5.32 Å². The standard InChI is InChI=1S/C19H19IN2O2/c1-13-10-11-22(12-13)19(24)14-6-8-15(9-7-14)21-18(23)16-4-2-3-5-17(16)20/h2-9,13H,10-12H2,1H3,(H,21,23). The highest BCUT2D eigenvalue weighted by Gasteiger charge is 2.24. The Labute approximate surface area is 155 Å². The monoisotopic (exact) mass is 434 g/mol. The van der Waals surface area contributed by atoms with Crippen molar-refractivity contribution in [3.8, 4) is 0 Å². The third kappa shape index (κ3) is 3.77. The molecule has 1 unspecified atom stereocenters. The number of carbonyl (C=O) groups excluding carboxylic acids is 2. The second-order valence-corrected chi connectivity index (χ2v) is 7.32. The van der Waals surface area contributed by atoms with E-state index in [9.17, 15) is 9.59 Å². The van der Waals surface area contributed by atoms with E-state index in [0.29, 0.717) is 22.7 Å². The average molecular weight is 434 g/mol. The summed E-state index contributed by atoms with van der Waals surface area (Å²) in [6, 6.07) is 14.5. The first-order chi connectivity index (χ1) is 11.5. The van der Waals surface area contributed by atoms with Crippen molar-refractivity contribution in [2.24, 2.45) is 5.92 Å². The molecule has 4 nitrogen and oxygen atoms in total. The van der Waals surface area contributed by atoms with Crippen LogP contribution in [0.4, 0.5) is 5.69 Å². The molecule has 1 aliphatic heterocycles. The van der Waals surface area contributed by atoms with Crippen LogP contribution in [-0.4, -0.2) is 29.8 Å². The second-order valence-electron chi connectivity index (χ2n) is 6.16. The van der Waals surface area contributed by atoms with E-state index in [4.69, 9.17) is 0 Å². The molecule has 2 aromatic carbocycles. The summed E-state index contributed by atoms with van der Waals surface area (Å²) in [7, 11) is 0. The van der Waals surface area contributed by atoms with Crippen molar-refractivity contribution in [2.75, 3.05) is 18.4 Å². The van der Waals surface area contributed by atoms with Gasteiger partial charge in [-0.3, -0.25) is 9.59 Å². The van der Waals surface area contributed by atoms with Gasteiger partial charge in [-0.25, -0.2) is 0 Å². The van der Waals surface area contributed by atoms with E-state index in [-0.39, 0.29) is 11.8 Å². The summed E-state index contributed by atoms with van der Waals surface area (Å²) in [6.45, 7) is 3.81. The first-order valence-electron chi connectivity index (χ1n) is 8.00. The van der Waals surface area contributed by atoms with Crippen LogP contribution in [0.2, 0.25) is 0 Å². The number of nitrogens with zero attached hydrogens (tertiary/aromatic N) is 1. The zero-order valence-electron chi connectivity index (χ0n) is 13.5. The molecule has 0 aliphatic carbocycles. The molecule has 1 atom stereocenters. The highest BCUT2D eigenvalue weighted by molar-refractivity contribution is 14.1. The van der Waals surface area contributed by atoms with Gasteiger partial charge in [0.1, 0.15) is 0 Å². The number of likely N-dealkylation sites (tertiary alicyclic amines) is 1. The molecule has 5 heteroatoms. The van der Waals surface area contributed by atoms with E-state index in [0.717, 1.165) is 23.1 Å². The largest absolute Gasteiger partial charge is 0.338 e. The summed E-state index contributed by atoms with van der Waals surface area (Å²) in [5, 5.41) is 2.87. The van der Waals surface area contributed by atoms with Gasteiger partial charge in [0.2, 0.25) is 0 Å². The summed E-state index contributed by atoms with van der Waals surface area (Å²) in [4.78, 5) is 26.6. The molecule has 1 heterocycles. The van der Waals surface area contributed by atoms with Gasteiger partial charge in [0.25, 0.3) is 11.8 Å². The van der Waals surface area contributed by atoms with Crippen molar-refractivity contribution in [1.82, 2.24) is 4.90 Å². The number of amides is 2. The van der Waals surface area contributed by atoms with E-state index >= 15 is 0 Å². The Morgan fingerprint density at radius 3 is 2.46 bits per heavy atom. The minimum atomic E-state index is -0.146. The van der Waals surface area contributed by atoms with Gasteiger partial charge in [0, 0.05) is 27.9 Å².